The lowest BCUT2D eigenvalue weighted by atomic mass is 10.2. The van der Waals surface area contributed by atoms with Crippen LogP contribution in [0.25, 0.3) is 0 Å². The number of ether oxygens (including phenoxy) is 1. The third-order valence-electron chi connectivity index (χ3n) is 6.77. The fourth-order valence-corrected chi connectivity index (χ4v) is 6.62. The number of carbonyl (C=O) groups is 2. The fourth-order valence-electron chi connectivity index (χ4n) is 4.52. The molecule has 2 aromatic rings. The lowest BCUT2D eigenvalue weighted by Gasteiger charge is -2.23. The number of amides is 2. The second-order valence-electron chi connectivity index (χ2n) is 10.4. The molecule has 1 unspecified atom stereocenters. The minimum Gasteiger partial charge on any atom is -0.384 e. The van der Waals surface area contributed by atoms with Crippen molar-refractivity contribution in [2.75, 3.05) is 52.0 Å². The predicted octanol–water partition coefficient (Wildman–Crippen LogP) is 6.05. The van der Waals surface area contributed by atoms with Crippen LogP contribution in [-0.2, 0) is 20.9 Å². The Hall–Kier alpha value is -3.51. The largest absolute Gasteiger partial charge is 0.384 e. The number of likely N-dealkylation sites (N-methyl/N-ethyl adjacent to an activating group) is 1. The fraction of sp³-hybridized carbons (Fsp3) is 0.344. The summed E-state index contributed by atoms with van der Waals surface area (Å²) in [5.74, 6) is -0.221. The lowest BCUT2D eigenvalue weighted by Crippen LogP contribution is -2.29. The van der Waals surface area contributed by atoms with E-state index in [-0.39, 0.29) is 24.5 Å². The molecule has 1 atom stereocenters. The van der Waals surface area contributed by atoms with E-state index in [9.17, 15) is 9.59 Å². The number of rotatable bonds is 9. The van der Waals surface area contributed by atoms with E-state index in [0.29, 0.717) is 34.5 Å². The van der Waals surface area contributed by atoms with Crippen molar-refractivity contribution in [3.63, 3.8) is 0 Å². The molecular formula is C32H40N6O3S2. The zero-order valence-corrected chi connectivity index (χ0v) is 27.2. The van der Waals surface area contributed by atoms with Crippen molar-refractivity contribution < 1.29 is 14.3 Å². The van der Waals surface area contributed by atoms with Crippen LogP contribution in [0.5, 0.6) is 0 Å². The quantitative estimate of drug-likeness (QED) is 0.328. The maximum atomic E-state index is 14.2. The number of methoxy groups -OCH3 is 1. The molecule has 1 fully saturated rings. The predicted molar refractivity (Wildman–Crippen MR) is 180 cm³/mol. The summed E-state index contributed by atoms with van der Waals surface area (Å²) in [6.07, 6.45) is 4.86. The van der Waals surface area contributed by atoms with Gasteiger partial charge in [-0.25, -0.2) is 4.99 Å². The highest BCUT2D eigenvalue weighted by Crippen LogP contribution is 2.42. The first-order valence-corrected chi connectivity index (χ1v) is 15.9. The van der Waals surface area contributed by atoms with E-state index in [1.165, 1.54) is 23.5 Å². The summed E-state index contributed by atoms with van der Waals surface area (Å²) < 4.78 is 5.62. The van der Waals surface area contributed by atoms with Gasteiger partial charge in [-0.15, -0.1) is 0 Å². The minimum absolute atomic E-state index is 0.0442. The lowest BCUT2D eigenvalue weighted by molar-refractivity contribution is -0.122. The van der Waals surface area contributed by atoms with Crippen molar-refractivity contribution in [2.24, 2.45) is 4.99 Å². The number of anilines is 2. The number of carbonyl (C=O) groups excluding carboxylic acids is 2. The SMILES string of the molecule is CCNc1ccc(NC(=O)CN(C)C)cc1N=C1S/C(=C2\S/C=C/CC(OC)/C=C(\C)N2C)C(=O)N1Cc1ccccc1. The number of hydrogen-bond donors (Lipinski definition) is 2. The van der Waals surface area contributed by atoms with Crippen LogP contribution in [0.1, 0.15) is 25.8 Å². The summed E-state index contributed by atoms with van der Waals surface area (Å²) in [7, 11) is 7.38. The molecule has 0 bridgehead atoms. The molecule has 2 aliphatic heterocycles. The molecule has 43 heavy (non-hydrogen) atoms. The summed E-state index contributed by atoms with van der Waals surface area (Å²) in [5.41, 5.74) is 4.09. The molecule has 2 aliphatic rings. The highest BCUT2D eigenvalue weighted by molar-refractivity contribution is 8.19. The molecule has 9 nitrogen and oxygen atoms in total. The average Bonchev–Trinajstić information content (AvgIpc) is 3.29. The molecular weight excluding hydrogens is 581 g/mol. The standard InChI is InChI=1S/C32H40N6O3S2/c1-7-33-26-16-15-24(34-28(39)21-36(3)4)19-27(26)35-32-38(20-23-12-9-8-10-13-23)30(40)29(43-32)31-37(5)22(2)18-25(41-6)14-11-17-42-31/h8-13,15-19,25,33H,7,14,20-21H2,1-6H3,(H,34,39)/b17-11+,22-18+,31-29-,35-32?. The van der Waals surface area contributed by atoms with Gasteiger partial charge in [0, 0.05) is 32.1 Å². The Morgan fingerprint density at radius 2 is 1.95 bits per heavy atom. The Bertz CT molecular complexity index is 1440. The third-order valence-corrected chi connectivity index (χ3v) is 9.00. The molecule has 2 amide bonds. The van der Waals surface area contributed by atoms with Crippen LogP contribution in [0.4, 0.5) is 17.1 Å². The van der Waals surface area contributed by atoms with Crippen molar-refractivity contribution in [3.05, 3.63) is 87.3 Å². The van der Waals surface area contributed by atoms with Crippen LogP contribution < -0.4 is 10.6 Å². The molecule has 0 aromatic heterocycles. The Balaban J connectivity index is 1.79. The van der Waals surface area contributed by atoms with Gasteiger partial charge in [0.25, 0.3) is 5.91 Å². The first-order valence-electron chi connectivity index (χ1n) is 14.2. The molecule has 2 heterocycles. The molecule has 11 heteroatoms. The summed E-state index contributed by atoms with van der Waals surface area (Å²) >= 11 is 2.89. The molecule has 0 spiro atoms. The van der Waals surface area contributed by atoms with Crippen LogP contribution in [0.2, 0.25) is 0 Å². The highest BCUT2D eigenvalue weighted by atomic mass is 32.2. The smallest absolute Gasteiger partial charge is 0.269 e. The van der Waals surface area contributed by atoms with Crippen molar-refractivity contribution in [2.45, 2.75) is 32.9 Å². The molecule has 4 rings (SSSR count). The summed E-state index contributed by atoms with van der Waals surface area (Å²) in [4.78, 5) is 37.9. The number of benzene rings is 2. The molecule has 228 valence electrons. The van der Waals surface area contributed by atoms with Gasteiger partial charge in [-0.3, -0.25) is 14.5 Å². The first-order chi connectivity index (χ1) is 20.7. The van der Waals surface area contributed by atoms with Gasteiger partial charge >= 0.3 is 0 Å². The molecule has 0 radical (unpaired) electrons. The van der Waals surface area contributed by atoms with Gasteiger partial charge in [-0.2, -0.15) is 0 Å². The van der Waals surface area contributed by atoms with E-state index in [1.807, 2.05) is 98.7 Å². The van der Waals surface area contributed by atoms with Crippen LogP contribution in [0, 0.1) is 0 Å². The molecule has 1 saturated heterocycles. The van der Waals surface area contributed by atoms with Crippen LogP contribution in [0.15, 0.2) is 86.7 Å². The number of nitrogens with one attached hydrogen (secondary N) is 2. The van der Waals surface area contributed by atoms with Gasteiger partial charge in [-0.1, -0.05) is 48.2 Å². The van der Waals surface area contributed by atoms with Crippen LogP contribution >= 0.6 is 23.5 Å². The molecule has 0 aliphatic carbocycles. The number of allylic oxidation sites excluding steroid dienone is 1. The Kier molecular flexibility index (Phi) is 11.5. The van der Waals surface area contributed by atoms with Crippen molar-refractivity contribution >= 4 is 57.6 Å². The van der Waals surface area contributed by atoms with Gasteiger partial charge < -0.3 is 25.2 Å². The number of thioether (sulfide) groups is 2. The van der Waals surface area contributed by atoms with Gasteiger partial charge in [0.2, 0.25) is 5.91 Å². The van der Waals surface area contributed by atoms with Crippen LogP contribution in [0.3, 0.4) is 0 Å². The summed E-state index contributed by atoms with van der Waals surface area (Å²) in [6.45, 7) is 5.38. The van der Waals surface area contributed by atoms with Crippen LogP contribution in [-0.4, -0.2) is 79.1 Å². The third kappa shape index (κ3) is 8.54. The summed E-state index contributed by atoms with van der Waals surface area (Å²) in [6, 6.07) is 15.5. The van der Waals surface area contributed by atoms with Gasteiger partial charge in [-0.05, 0) is 81.4 Å². The van der Waals surface area contributed by atoms with E-state index in [1.54, 1.807) is 12.0 Å². The molecule has 0 saturated carbocycles. The maximum Gasteiger partial charge on any atom is 0.269 e. The zero-order chi connectivity index (χ0) is 30.9. The van der Waals surface area contributed by atoms with E-state index in [2.05, 4.69) is 22.8 Å². The van der Waals surface area contributed by atoms with Gasteiger partial charge in [0.15, 0.2) is 5.17 Å². The second kappa shape index (κ2) is 15.3. The Morgan fingerprint density at radius 1 is 1.19 bits per heavy atom. The highest BCUT2D eigenvalue weighted by Gasteiger charge is 2.37. The van der Waals surface area contributed by atoms with Crippen molar-refractivity contribution in [1.82, 2.24) is 14.7 Å². The first kappa shape index (κ1) is 32.4. The van der Waals surface area contributed by atoms with Gasteiger partial charge in [0.05, 0.1) is 35.6 Å². The number of aliphatic imine (C=N–C) groups is 1. The second-order valence-corrected chi connectivity index (χ2v) is 12.3. The normalized spacial score (nSPS) is 22.2. The van der Waals surface area contributed by atoms with Crippen molar-refractivity contribution in [3.8, 4) is 0 Å². The number of nitrogens with zero attached hydrogens (tertiary/aromatic N) is 4. The van der Waals surface area contributed by atoms with Gasteiger partial charge in [0.1, 0.15) is 4.91 Å². The topological polar surface area (TPSA) is 89.5 Å². The zero-order valence-electron chi connectivity index (χ0n) is 25.6. The Labute approximate surface area is 263 Å². The van der Waals surface area contributed by atoms with Crippen molar-refractivity contribution in [1.29, 1.82) is 0 Å². The maximum absolute atomic E-state index is 14.2. The van der Waals surface area contributed by atoms with E-state index < -0.39 is 0 Å². The minimum atomic E-state index is -0.115. The van der Waals surface area contributed by atoms with E-state index in [4.69, 9.17) is 9.73 Å². The number of hydrogen-bond acceptors (Lipinski definition) is 9. The monoisotopic (exact) mass is 620 g/mol. The van der Waals surface area contributed by atoms with E-state index >= 15 is 0 Å². The Morgan fingerprint density at radius 3 is 2.65 bits per heavy atom. The number of amidine groups is 1. The average molecular weight is 621 g/mol. The molecule has 2 N–H and O–H groups in total. The summed E-state index contributed by atoms with van der Waals surface area (Å²) in [5, 5.41) is 9.74. The molecule has 2 aromatic carbocycles. The van der Waals surface area contributed by atoms with E-state index in [0.717, 1.165) is 28.4 Å².